The maximum Gasteiger partial charge on any atom is 0.0226 e. The van der Waals surface area contributed by atoms with E-state index in [0.717, 1.165) is 0 Å². The molecule has 0 aliphatic carbocycles. The van der Waals surface area contributed by atoms with Crippen LogP contribution in [0.3, 0.4) is 0 Å². The Labute approximate surface area is 97.0 Å². The molecule has 0 heterocycles. The molecule has 1 nitrogen and oxygen atoms in total. The Bertz CT molecular complexity index is 168. The minimum absolute atomic E-state index is 0.249. The maximum atomic E-state index is 3.59. The van der Waals surface area contributed by atoms with Crippen molar-refractivity contribution in [1.29, 1.82) is 0 Å². The molecule has 0 bridgehead atoms. The fourth-order valence-electron chi connectivity index (χ4n) is 3.04. The predicted molar refractivity (Wildman–Crippen MR) is 70.2 cm³/mol. The number of rotatable bonds is 7. The molecule has 0 saturated carbocycles. The van der Waals surface area contributed by atoms with E-state index in [0.29, 0.717) is 11.3 Å². The summed E-state index contributed by atoms with van der Waals surface area (Å²) in [6.07, 6.45) is 5.19. The lowest BCUT2D eigenvalue weighted by molar-refractivity contribution is 0.0564. The quantitative estimate of drug-likeness (QED) is 0.667. The van der Waals surface area contributed by atoms with Crippen molar-refractivity contribution >= 4 is 0 Å². The molecule has 0 saturated heterocycles. The minimum atomic E-state index is 0.249. The lowest BCUT2D eigenvalue weighted by atomic mass is 9.62. The van der Waals surface area contributed by atoms with Crippen LogP contribution in [-0.2, 0) is 0 Å². The predicted octanol–water partition coefficient (Wildman–Crippen LogP) is 4.23. The Morgan fingerprint density at radius 3 is 1.60 bits per heavy atom. The molecule has 0 aromatic rings. The van der Waals surface area contributed by atoms with Gasteiger partial charge in [0.2, 0.25) is 0 Å². The molecular formula is C14H31N. The molecule has 15 heavy (non-hydrogen) atoms. The van der Waals surface area contributed by atoms with Gasteiger partial charge in [-0.2, -0.15) is 0 Å². The van der Waals surface area contributed by atoms with Gasteiger partial charge >= 0.3 is 0 Å². The molecule has 0 amide bonds. The summed E-state index contributed by atoms with van der Waals surface area (Å²) < 4.78 is 0. The Balaban J connectivity index is 4.99. The van der Waals surface area contributed by atoms with Gasteiger partial charge in [0, 0.05) is 5.54 Å². The van der Waals surface area contributed by atoms with Gasteiger partial charge in [0.15, 0.2) is 0 Å². The van der Waals surface area contributed by atoms with Crippen molar-refractivity contribution in [3.8, 4) is 0 Å². The van der Waals surface area contributed by atoms with E-state index < -0.39 is 0 Å². The third-order valence-electron chi connectivity index (χ3n) is 4.53. The first-order valence-corrected chi connectivity index (χ1v) is 6.56. The fourth-order valence-corrected chi connectivity index (χ4v) is 3.04. The highest BCUT2D eigenvalue weighted by molar-refractivity contribution is 5.00. The zero-order chi connectivity index (χ0) is 12.1. The summed E-state index contributed by atoms with van der Waals surface area (Å²) in [7, 11) is 2.11. The van der Waals surface area contributed by atoms with E-state index in [9.17, 15) is 0 Å². The van der Waals surface area contributed by atoms with Crippen LogP contribution >= 0.6 is 0 Å². The average Bonchev–Trinajstić information content (AvgIpc) is 2.16. The molecule has 0 rings (SSSR count). The summed E-state index contributed by atoms with van der Waals surface area (Å²) in [6.45, 7) is 14.1. The summed E-state index contributed by atoms with van der Waals surface area (Å²) in [5.41, 5.74) is 0.665. The molecule has 1 atom stereocenters. The van der Waals surface area contributed by atoms with E-state index >= 15 is 0 Å². The lowest BCUT2D eigenvalue weighted by Gasteiger charge is -2.50. The van der Waals surface area contributed by atoms with E-state index in [4.69, 9.17) is 0 Å². The smallest absolute Gasteiger partial charge is 0.0226 e. The number of hydrogen-bond acceptors (Lipinski definition) is 1. The van der Waals surface area contributed by atoms with Crippen LogP contribution < -0.4 is 5.32 Å². The van der Waals surface area contributed by atoms with Gasteiger partial charge in [-0.25, -0.2) is 0 Å². The van der Waals surface area contributed by atoms with Gasteiger partial charge in [-0.3, -0.25) is 0 Å². The lowest BCUT2D eigenvalue weighted by Crippen LogP contribution is -2.57. The molecule has 1 heteroatoms. The first-order valence-electron chi connectivity index (χ1n) is 6.56. The van der Waals surface area contributed by atoms with Crippen LogP contribution in [0.4, 0.5) is 0 Å². The van der Waals surface area contributed by atoms with Crippen molar-refractivity contribution in [2.24, 2.45) is 11.3 Å². The number of nitrogens with one attached hydrogen (secondary N) is 1. The molecule has 1 N–H and O–H groups in total. The Kier molecular flexibility index (Phi) is 5.87. The van der Waals surface area contributed by atoms with E-state index in [1.54, 1.807) is 0 Å². The maximum absolute atomic E-state index is 3.59. The van der Waals surface area contributed by atoms with Crippen molar-refractivity contribution in [1.82, 2.24) is 5.32 Å². The largest absolute Gasteiger partial charge is 0.314 e. The second kappa shape index (κ2) is 5.89. The van der Waals surface area contributed by atoms with E-state index in [1.165, 1.54) is 25.7 Å². The van der Waals surface area contributed by atoms with E-state index in [1.807, 2.05) is 0 Å². The monoisotopic (exact) mass is 213 g/mol. The third-order valence-corrected chi connectivity index (χ3v) is 4.53. The molecule has 0 aromatic carbocycles. The second-order valence-corrected chi connectivity index (χ2v) is 5.67. The topological polar surface area (TPSA) is 12.0 Å². The van der Waals surface area contributed by atoms with Gasteiger partial charge in [-0.15, -0.1) is 0 Å². The van der Waals surface area contributed by atoms with Crippen molar-refractivity contribution < 1.29 is 0 Å². The molecule has 0 unspecified atom stereocenters. The first-order chi connectivity index (χ1) is 6.88. The van der Waals surface area contributed by atoms with Crippen LogP contribution in [0, 0.1) is 11.3 Å². The Morgan fingerprint density at radius 1 is 1.00 bits per heavy atom. The van der Waals surface area contributed by atoms with Crippen LogP contribution in [-0.4, -0.2) is 12.6 Å². The summed E-state index contributed by atoms with van der Waals surface area (Å²) in [4.78, 5) is 0. The zero-order valence-corrected chi connectivity index (χ0v) is 11.9. The molecule has 0 aromatic heterocycles. The fraction of sp³-hybridized carbons (Fsp3) is 1.00. The van der Waals surface area contributed by atoms with Crippen LogP contribution in [0.1, 0.15) is 67.2 Å². The minimum Gasteiger partial charge on any atom is -0.314 e. The first kappa shape index (κ1) is 15.0. The SMILES string of the molecule is CCCC(C)(CCC)[C@@](C)(NC)C(C)C. The van der Waals surface area contributed by atoms with Gasteiger partial charge in [0.25, 0.3) is 0 Å². The van der Waals surface area contributed by atoms with Gasteiger partial charge in [0.1, 0.15) is 0 Å². The summed E-state index contributed by atoms with van der Waals surface area (Å²) >= 11 is 0. The van der Waals surface area contributed by atoms with Gasteiger partial charge in [0.05, 0.1) is 0 Å². The van der Waals surface area contributed by atoms with Crippen molar-refractivity contribution in [2.75, 3.05) is 7.05 Å². The van der Waals surface area contributed by atoms with E-state index in [-0.39, 0.29) is 5.54 Å². The molecule has 0 spiro atoms. The molecule has 0 fully saturated rings. The second-order valence-electron chi connectivity index (χ2n) is 5.67. The van der Waals surface area contributed by atoms with Crippen LogP contribution in [0.25, 0.3) is 0 Å². The Morgan fingerprint density at radius 2 is 1.40 bits per heavy atom. The Hall–Kier alpha value is -0.0400. The van der Waals surface area contributed by atoms with Crippen molar-refractivity contribution in [3.05, 3.63) is 0 Å². The van der Waals surface area contributed by atoms with Crippen LogP contribution in [0.2, 0.25) is 0 Å². The van der Waals surface area contributed by atoms with E-state index in [2.05, 4.69) is 53.9 Å². The molecule has 0 radical (unpaired) electrons. The summed E-state index contributed by atoms with van der Waals surface area (Å²) in [5, 5.41) is 3.59. The van der Waals surface area contributed by atoms with Crippen molar-refractivity contribution in [3.63, 3.8) is 0 Å². The van der Waals surface area contributed by atoms with Crippen LogP contribution in [0.5, 0.6) is 0 Å². The third kappa shape index (κ3) is 2.96. The zero-order valence-electron chi connectivity index (χ0n) is 11.9. The average molecular weight is 213 g/mol. The van der Waals surface area contributed by atoms with Crippen LogP contribution in [0.15, 0.2) is 0 Å². The van der Waals surface area contributed by atoms with Crippen molar-refractivity contribution in [2.45, 2.75) is 72.8 Å². The van der Waals surface area contributed by atoms with Gasteiger partial charge < -0.3 is 5.32 Å². The summed E-state index contributed by atoms with van der Waals surface area (Å²) in [6, 6.07) is 0. The molecule has 92 valence electrons. The molecule has 0 aliphatic heterocycles. The highest BCUT2D eigenvalue weighted by Crippen LogP contribution is 2.44. The van der Waals surface area contributed by atoms with Gasteiger partial charge in [-0.1, -0.05) is 47.5 Å². The van der Waals surface area contributed by atoms with Gasteiger partial charge in [-0.05, 0) is 38.1 Å². The summed E-state index contributed by atoms with van der Waals surface area (Å²) in [5.74, 6) is 0.672. The number of hydrogen-bond donors (Lipinski definition) is 1. The molecular weight excluding hydrogens is 182 g/mol. The highest BCUT2D eigenvalue weighted by atomic mass is 15.0. The normalized spacial score (nSPS) is 16.8. The standard InChI is InChI=1S/C14H31N/c1-8-10-13(5,11-9-2)14(6,15-7)12(3)4/h12,15H,8-11H2,1-7H3/t14-/m0/s1. The highest BCUT2D eigenvalue weighted by Gasteiger charge is 2.43. The molecule has 0 aliphatic rings.